The van der Waals surface area contributed by atoms with Gasteiger partial charge in [-0.1, -0.05) is 23.7 Å². The van der Waals surface area contributed by atoms with Crippen LogP contribution in [-0.2, 0) is 6.54 Å². The molecule has 1 fully saturated rings. The maximum Gasteiger partial charge on any atom is 0.142 e. The van der Waals surface area contributed by atoms with Crippen LogP contribution in [0, 0.1) is 5.82 Å². The highest BCUT2D eigenvalue weighted by molar-refractivity contribution is 6.31. The van der Waals surface area contributed by atoms with Crippen LogP contribution in [0.15, 0.2) is 36.7 Å². The number of hydrogen-bond acceptors (Lipinski definition) is 2. The van der Waals surface area contributed by atoms with E-state index in [2.05, 4.69) is 10.3 Å². The third kappa shape index (κ3) is 3.11. The zero-order valence-corrected chi connectivity index (χ0v) is 11.1. The minimum Gasteiger partial charge on any atom is -0.310 e. The molecular formula is C15H14ClFN2. The predicted octanol–water partition coefficient (Wildman–Crippen LogP) is 3.79. The van der Waals surface area contributed by atoms with Gasteiger partial charge in [-0.15, -0.1) is 0 Å². The lowest BCUT2D eigenvalue weighted by Crippen LogP contribution is -2.15. The van der Waals surface area contributed by atoms with Gasteiger partial charge in [-0.25, -0.2) is 4.39 Å². The van der Waals surface area contributed by atoms with E-state index in [0.717, 1.165) is 23.2 Å². The molecule has 1 aliphatic rings. The highest BCUT2D eigenvalue weighted by atomic mass is 35.5. The molecule has 0 spiro atoms. The SMILES string of the molecule is Fc1cncc(-c2ccc(CNC3CC3)c(Cl)c2)c1. The summed E-state index contributed by atoms with van der Waals surface area (Å²) in [5.74, 6) is -0.340. The number of nitrogens with zero attached hydrogens (tertiary/aromatic N) is 1. The molecule has 0 aliphatic heterocycles. The summed E-state index contributed by atoms with van der Waals surface area (Å²) in [6.07, 6.45) is 5.34. The number of hydrogen-bond donors (Lipinski definition) is 1. The Labute approximate surface area is 116 Å². The van der Waals surface area contributed by atoms with Crippen LogP contribution in [0.25, 0.3) is 11.1 Å². The van der Waals surface area contributed by atoms with Crippen LogP contribution in [0.3, 0.4) is 0 Å². The van der Waals surface area contributed by atoms with Crippen molar-refractivity contribution >= 4 is 11.6 Å². The van der Waals surface area contributed by atoms with Gasteiger partial charge in [0, 0.05) is 29.4 Å². The average Bonchev–Trinajstić information content (AvgIpc) is 3.21. The molecule has 3 rings (SSSR count). The van der Waals surface area contributed by atoms with Crippen molar-refractivity contribution in [1.29, 1.82) is 0 Å². The van der Waals surface area contributed by atoms with Crippen LogP contribution < -0.4 is 5.32 Å². The fourth-order valence-electron chi connectivity index (χ4n) is 1.98. The molecule has 2 aromatic rings. The Bertz CT molecular complexity index is 596. The van der Waals surface area contributed by atoms with Gasteiger partial charge in [0.2, 0.25) is 0 Å². The normalized spacial score (nSPS) is 14.6. The van der Waals surface area contributed by atoms with Gasteiger partial charge in [-0.2, -0.15) is 0 Å². The quantitative estimate of drug-likeness (QED) is 0.919. The van der Waals surface area contributed by atoms with Crippen LogP contribution in [0.4, 0.5) is 4.39 Å². The average molecular weight is 277 g/mol. The van der Waals surface area contributed by atoms with Crippen molar-refractivity contribution in [3.8, 4) is 11.1 Å². The lowest BCUT2D eigenvalue weighted by Gasteiger charge is -2.08. The second kappa shape index (κ2) is 5.27. The van der Waals surface area contributed by atoms with Crippen molar-refractivity contribution in [3.05, 3.63) is 53.1 Å². The summed E-state index contributed by atoms with van der Waals surface area (Å²) in [6, 6.07) is 7.91. The van der Waals surface area contributed by atoms with E-state index in [9.17, 15) is 4.39 Å². The third-order valence-corrected chi connectivity index (χ3v) is 3.60. The maximum atomic E-state index is 13.1. The predicted molar refractivity (Wildman–Crippen MR) is 74.5 cm³/mol. The smallest absolute Gasteiger partial charge is 0.142 e. The highest BCUT2D eigenvalue weighted by Crippen LogP contribution is 2.26. The van der Waals surface area contributed by atoms with Gasteiger partial charge in [0.1, 0.15) is 5.82 Å². The van der Waals surface area contributed by atoms with Gasteiger partial charge in [0.15, 0.2) is 0 Å². The Morgan fingerprint density at radius 1 is 1.21 bits per heavy atom. The standard InChI is InChI=1S/C15H14ClFN2/c16-15-6-10(12-5-13(17)9-18-7-12)1-2-11(15)8-19-14-3-4-14/h1-2,5-7,9,14,19H,3-4,8H2. The number of nitrogens with one attached hydrogen (secondary N) is 1. The number of pyridine rings is 1. The van der Waals surface area contributed by atoms with Crippen molar-refractivity contribution in [2.45, 2.75) is 25.4 Å². The Kier molecular flexibility index (Phi) is 3.49. The van der Waals surface area contributed by atoms with Crippen molar-refractivity contribution < 1.29 is 4.39 Å². The second-order valence-corrected chi connectivity index (χ2v) is 5.26. The Morgan fingerprint density at radius 2 is 2.05 bits per heavy atom. The summed E-state index contributed by atoms with van der Waals surface area (Å²) in [5.41, 5.74) is 2.69. The Hall–Kier alpha value is -1.45. The van der Waals surface area contributed by atoms with Gasteiger partial charge < -0.3 is 5.32 Å². The maximum absolute atomic E-state index is 13.1. The number of rotatable bonds is 4. The van der Waals surface area contributed by atoms with Crippen molar-refractivity contribution in [1.82, 2.24) is 10.3 Å². The molecule has 2 nitrogen and oxygen atoms in total. The minimum absolute atomic E-state index is 0.340. The van der Waals surface area contributed by atoms with Crippen LogP contribution in [0.5, 0.6) is 0 Å². The lowest BCUT2D eigenvalue weighted by atomic mass is 10.1. The van der Waals surface area contributed by atoms with E-state index in [1.807, 2.05) is 18.2 Å². The molecule has 1 aliphatic carbocycles. The number of benzene rings is 1. The topological polar surface area (TPSA) is 24.9 Å². The highest BCUT2D eigenvalue weighted by Gasteiger charge is 2.20. The summed E-state index contributed by atoms with van der Waals surface area (Å²) < 4.78 is 13.1. The lowest BCUT2D eigenvalue weighted by molar-refractivity contribution is 0.622. The first-order chi connectivity index (χ1) is 9.22. The fourth-order valence-corrected chi connectivity index (χ4v) is 2.23. The van der Waals surface area contributed by atoms with Crippen LogP contribution in [0.2, 0.25) is 5.02 Å². The van der Waals surface area contributed by atoms with Crippen molar-refractivity contribution in [2.75, 3.05) is 0 Å². The van der Waals surface area contributed by atoms with E-state index in [1.54, 1.807) is 6.20 Å². The van der Waals surface area contributed by atoms with E-state index in [-0.39, 0.29) is 5.82 Å². The van der Waals surface area contributed by atoms with E-state index in [0.29, 0.717) is 11.1 Å². The summed E-state index contributed by atoms with van der Waals surface area (Å²) >= 11 is 6.27. The molecule has 1 heterocycles. The third-order valence-electron chi connectivity index (χ3n) is 3.25. The molecule has 1 N–H and O–H groups in total. The first-order valence-electron chi connectivity index (χ1n) is 6.35. The van der Waals surface area contributed by atoms with Gasteiger partial charge in [0.05, 0.1) is 6.20 Å². The molecule has 1 aromatic heterocycles. The van der Waals surface area contributed by atoms with E-state index >= 15 is 0 Å². The molecular weight excluding hydrogens is 263 g/mol. The summed E-state index contributed by atoms with van der Waals surface area (Å²) in [6.45, 7) is 0.783. The molecule has 0 bridgehead atoms. The van der Waals surface area contributed by atoms with Crippen LogP contribution in [0.1, 0.15) is 18.4 Å². The van der Waals surface area contributed by atoms with E-state index in [1.165, 1.54) is 25.1 Å². The van der Waals surface area contributed by atoms with Gasteiger partial charge >= 0.3 is 0 Å². The first-order valence-corrected chi connectivity index (χ1v) is 6.73. The summed E-state index contributed by atoms with van der Waals surface area (Å²) in [5, 5.41) is 4.13. The fraction of sp³-hybridized carbons (Fsp3) is 0.267. The van der Waals surface area contributed by atoms with Crippen LogP contribution >= 0.6 is 11.6 Å². The molecule has 0 unspecified atom stereocenters. The van der Waals surface area contributed by atoms with Gasteiger partial charge in [-0.05, 0) is 36.1 Å². The zero-order valence-electron chi connectivity index (χ0n) is 10.4. The molecule has 98 valence electrons. The number of aromatic nitrogens is 1. The Morgan fingerprint density at radius 3 is 2.74 bits per heavy atom. The van der Waals surface area contributed by atoms with E-state index < -0.39 is 0 Å². The molecule has 0 radical (unpaired) electrons. The second-order valence-electron chi connectivity index (χ2n) is 4.85. The largest absolute Gasteiger partial charge is 0.310 e. The van der Waals surface area contributed by atoms with Crippen molar-refractivity contribution in [2.24, 2.45) is 0 Å². The minimum atomic E-state index is -0.340. The summed E-state index contributed by atoms with van der Waals surface area (Å²) in [7, 11) is 0. The molecule has 1 aromatic carbocycles. The Balaban J connectivity index is 1.81. The zero-order chi connectivity index (χ0) is 13.2. The first kappa shape index (κ1) is 12.6. The molecule has 0 amide bonds. The van der Waals surface area contributed by atoms with E-state index in [4.69, 9.17) is 11.6 Å². The monoisotopic (exact) mass is 276 g/mol. The number of halogens is 2. The van der Waals surface area contributed by atoms with Crippen LogP contribution in [-0.4, -0.2) is 11.0 Å². The molecule has 0 atom stereocenters. The summed E-state index contributed by atoms with van der Waals surface area (Å²) in [4.78, 5) is 3.85. The van der Waals surface area contributed by atoms with Gasteiger partial charge in [-0.3, -0.25) is 4.98 Å². The molecule has 1 saturated carbocycles. The molecule has 19 heavy (non-hydrogen) atoms. The molecule has 0 saturated heterocycles. The molecule has 4 heteroatoms. The van der Waals surface area contributed by atoms with Crippen molar-refractivity contribution in [3.63, 3.8) is 0 Å². The van der Waals surface area contributed by atoms with Gasteiger partial charge in [0.25, 0.3) is 0 Å².